The second-order valence-corrected chi connectivity index (χ2v) is 4.41. The zero-order chi connectivity index (χ0) is 9.03. The quantitative estimate of drug-likeness (QED) is 0.682. The number of rotatable bonds is 4. The van der Waals surface area contributed by atoms with E-state index in [0.29, 0.717) is 5.41 Å². The summed E-state index contributed by atoms with van der Waals surface area (Å²) < 4.78 is 0. The maximum atomic E-state index is 3.63. The molecule has 0 bridgehead atoms. The topological polar surface area (TPSA) is 12.0 Å². The van der Waals surface area contributed by atoms with Crippen molar-refractivity contribution >= 4 is 0 Å². The molecule has 1 N–H and O–H groups in total. The Hall–Kier alpha value is -0.0400. The van der Waals surface area contributed by atoms with Gasteiger partial charge in [-0.2, -0.15) is 0 Å². The summed E-state index contributed by atoms with van der Waals surface area (Å²) in [5.41, 5.74) is 0.561. The molecule has 1 rings (SSSR count). The van der Waals surface area contributed by atoms with Crippen molar-refractivity contribution < 1.29 is 0 Å². The van der Waals surface area contributed by atoms with Crippen molar-refractivity contribution in [3.63, 3.8) is 0 Å². The van der Waals surface area contributed by atoms with Crippen molar-refractivity contribution in [2.45, 2.75) is 58.9 Å². The summed E-state index contributed by atoms with van der Waals surface area (Å²) in [6, 6.07) is 0.794. The zero-order valence-corrected chi connectivity index (χ0v) is 8.82. The van der Waals surface area contributed by atoms with Gasteiger partial charge in [-0.1, -0.05) is 27.2 Å². The van der Waals surface area contributed by atoms with Crippen LogP contribution in [0.4, 0.5) is 0 Å². The van der Waals surface area contributed by atoms with Gasteiger partial charge in [0.2, 0.25) is 0 Å². The molecular formula is C11H23N. The van der Waals surface area contributed by atoms with Crippen molar-refractivity contribution in [2.24, 2.45) is 5.41 Å². The summed E-state index contributed by atoms with van der Waals surface area (Å²) in [5.74, 6) is 0. The Morgan fingerprint density at radius 1 is 1.42 bits per heavy atom. The minimum Gasteiger partial charge on any atom is -0.313 e. The van der Waals surface area contributed by atoms with Gasteiger partial charge >= 0.3 is 0 Å². The Morgan fingerprint density at radius 3 is 2.58 bits per heavy atom. The van der Waals surface area contributed by atoms with Crippen molar-refractivity contribution in [2.75, 3.05) is 6.54 Å². The van der Waals surface area contributed by atoms with Gasteiger partial charge in [-0.3, -0.25) is 0 Å². The van der Waals surface area contributed by atoms with E-state index < -0.39 is 0 Å². The van der Waals surface area contributed by atoms with E-state index in [1.54, 1.807) is 0 Å². The molecule has 1 aliphatic rings. The first-order chi connectivity index (χ1) is 5.73. The average Bonchev–Trinajstić information content (AvgIpc) is 2.57. The van der Waals surface area contributed by atoms with E-state index in [4.69, 9.17) is 0 Å². The molecule has 72 valence electrons. The zero-order valence-electron chi connectivity index (χ0n) is 8.82. The fourth-order valence-electron chi connectivity index (χ4n) is 2.45. The first kappa shape index (κ1) is 10.0. The molecule has 0 aromatic rings. The molecule has 0 aromatic carbocycles. The van der Waals surface area contributed by atoms with Crippen LogP contribution in [0, 0.1) is 5.41 Å². The number of nitrogens with one attached hydrogen (secondary N) is 1. The Balaban J connectivity index is 2.51. The molecule has 1 heteroatoms. The highest BCUT2D eigenvalue weighted by Gasteiger charge is 2.33. The van der Waals surface area contributed by atoms with Crippen molar-refractivity contribution in [3.05, 3.63) is 0 Å². The van der Waals surface area contributed by atoms with Gasteiger partial charge in [0.25, 0.3) is 0 Å². The van der Waals surface area contributed by atoms with Crippen molar-refractivity contribution in [1.29, 1.82) is 0 Å². The highest BCUT2D eigenvalue weighted by Crippen LogP contribution is 2.35. The predicted octanol–water partition coefficient (Wildman–Crippen LogP) is 2.95. The lowest BCUT2D eigenvalue weighted by Crippen LogP contribution is -2.38. The Kier molecular flexibility index (Phi) is 3.57. The summed E-state index contributed by atoms with van der Waals surface area (Å²) in [4.78, 5) is 0. The fraction of sp³-hybridized carbons (Fsp3) is 1.00. The van der Waals surface area contributed by atoms with Gasteiger partial charge in [-0.15, -0.1) is 0 Å². The van der Waals surface area contributed by atoms with Crippen molar-refractivity contribution in [1.82, 2.24) is 5.32 Å². The van der Waals surface area contributed by atoms with Crippen LogP contribution < -0.4 is 5.32 Å². The Morgan fingerprint density at radius 2 is 2.17 bits per heavy atom. The van der Waals surface area contributed by atoms with Gasteiger partial charge < -0.3 is 5.32 Å². The molecule has 12 heavy (non-hydrogen) atoms. The summed E-state index contributed by atoms with van der Waals surface area (Å²) >= 11 is 0. The third kappa shape index (κ3) is 2.01. The van der Waals surface area contributed by atoms with Gasteiger partial charge in [0.1, 0.15) is 0 Å². The third-order valence-corrected chi connectivity index (χ3v) is 3.53. The molecule has 0 aromatic heterocycles. The summed E-state index contributed by atoms with van der Waals surface area (Å²) in [6.07, 6.45) is 6.79. The van der Waals surface area contributed by atoms with E-state index in [1.165, 1.54) is 38.6 Å². The molecule has 0 radical (unpaired) electrons. The molecule has 0 amide bonds. The second-order valence-electron chi connectivity index (χ2n) is 4.41. The molecule has 0 saturated carbocycles. The second kappa shape index (κ2) is 4.27. The maximum Gasteiger partial charge on any atom is 0.0121 e. The van der Waals surface area contributed by atoms with E-state index in [0.717, 1.165) is 6.04 Å². The van der Waals surface area contributed by atoms with Gasteiger partial charge in [-0.05, 0) is 37.6 Å². The summed E-state index contributed by atoms with van der Waals surface area (Å²) in [6.45, 7) is 8.31. The van der Waals surface area contributed by atoms with Gasteiger partial charge in [0.05, 0.1) is 0 Å². The maximum absolute atomic E-state index is 3.63. The van der Waals surface area contributed by atoms with Crippen LogP contribution in [0.1, 0.15) is 52.9 Å². The van der Waals surface area contributed by atoms with E-state index in [9.17, 15) is 0 Å². The molecular weight excluding hydrogens is 146 g/mol. The molecule has 1 saturated heterocycles. The normalized spacial score (nSPS) is 28.8. The van der Waals surface area contributed by atoms with Gasteiger partial charge in [0.15, 0.2) is 0 Å². The molecule has 1 nitrogen and oxygen atoms in total. The van der Waals surface area contributed by atoms with Crippen molar-refractivity contribution in [3.8, 4) is 0 Å². The lowest BCUT2D eigenvalue weighted by atomic mass is 9.75. The monoisotopic (exact) mass is 169 g/mol. The molecule has 1 heterocycles. The van der Waals surface area contributed by atoms with Crippen LogP contribution >= 0.6 is 0 Å². The Bertz CT molecular complexity index is 127. The van der Waals surface area contributed by atoms with E-state index in [-0.39, 0.29) is 0 Å². The van der Waals surface area contributed by atoms with E-state index >= 15 is 0 Å². The number of hydrogen-bond donors (Lipinski definition) is 1. The summed E-state index contributed by atoms with van der Waals surface area (Å²) in [5, 5.41) is 3.63. The minimum atomic E-state index is 0.561. The van der Waals surface area contributed by atoms with E-state index in [2.05, 4.69) is 26.1 Å². The molecule has 1 fully saturated rings. The van der Waals surface area contributed by atoms with Crippen LogP contribution in [0.15, 0.2) is 0 Å². The van der Waals surface area contributed by atoms with Gasteiger partial charge in [0, 0.05) is 6.04 Å². The molecule has 2 unspecified atom stereocenters. The average molecular weight is 169 g/mol. The van der Waals surface area contributed by atoms with Crippen LogP contribution in [0.2, 0.25) is 0 Å². The molecule has 2 atom stereocenters. The molecule has 0 spiro atoms. The lowest BCUT2D eigenvalue weighted by molar-refractivity contribution is 0.202. The van der Waals surface area contributed by atoms with Gasteiger partial charge in [-0.25, -0.2) is 0 Å². The number of hydrogen-bond acceptors (Lipinski definition) is 1. The summed E-state index contributed by atoms with van der Waals surface area (Å²) in [7, 11) is 0. The minimum absolute atomic E-state index is 0.561. The highest BCUT2D eigenvalue weighted by molar-refractivity contribution is 4.89. The van der Waals surface area contributed by atoms with Crippen LogP contribution in [-0.2, 0) is 0 Å². The highest BCUT2D eigenvalue weighted by atomic mass is 15.0. The SMILES string of the molecule is CCCC(C)(CC)C1CCCN1. The predicted molar refractivity (Wildman–Crippen MR) is 54.3 cm³/mol. The Labute approximate surface area is 76.9 Å². The fourth-order valence-corrected chi connectivity index (χ4v) is 2.45. The van der Waals surface area contributed by atoms with Crippen LogP contribution in [-0.4, -0.2) is 12.6 Å². The standard InChI is InChI=1S/C11H23N/c1-4-8-11(3,5-2)10-7-6-9-12-10/h10,12H,4-9H2,1-3H3. The third-order valence-electron chi connectivity index (χ3n) is 3.53. The first-order valence-corrected chi connectivity index (χ1v) is 5.46. The van der Waals surface area contributed by atoms with Crippen LogP contribution in [0.25, 0.3) is 0 Å². The first-order valence-electron chi connectivity index (χ1n) is 5.46. The molecule has 1 aliphatic heterocycles. The largest absolute Gasteiger partial charge is 0.313 e. The molecule has 0 aliphatic carbocycles. The van der Waals surface area contributed by atoms with E-state index in [1.807, 2.05) is 0 Å². The van der Waals surface area contributed by atoms with Crippen LogP contribution in [0.5, 0.6) is 0 Å². The lowest BCUT2D eigenvalue weighted by Gasteiger charge is -2.34. The smallest absolute Gasteiger partial charge is 0.0121 e. The van der Waals surface area contributed by atoms with Crippen LogP contribution in [0.3, 0.4) is 0 Å².